The van der Waals surface area contributed by atoms with Crippen molar-refractivity contribution in [3.05, 3.63) is 42.6 Å². The van der Waals surface area contributed by atoms with Crippen LogP contribution in [0, 0.1) is 0 Å². The van der Waals surface area contributed by atoms with Crippen molar-refractivity contribution in [3.63, 3.8) is 0 Å². The Morgan fingerprint density at radius 1 is 1.24 bits per heavy atom. The number of carbonyl (C=O) groups excluding carboxylic acids is 1. The number of rotatable bonds is 5. The Morgan fingerprint density at radius 2 is 2.04 bits per heavy atom. The lowest BCUT2D eigenvalue weighted by molar-refractivity contribution is 0.123. The van der Waals surface area contributed by atoms with Gasteiger partial charge < -0.3 is 19.7 Å². The number of para-hydroxylation sites is 2. The normalized spacial score (nSPS) is 14.0. The van der Waals surface area contributed by atoms with E-state index in [0.29, 0.717) is 18.1 Å². The number of ether oxygens (including phenoxy) is 2. The van der Waals surface area contributed by atoms with Crippen LogP contribution in [-0.4, -0.2) is 44.0 Å². The number of anilines is 4. The number of hydrogen-bond acceptors (Lipinski definition) is 6. The summed E-state index contributed by atoms with van der Waals surface area (Å²) in [7, 11) is 0. The zero-order valence-corrected chi connectivity index (χ0v) is 14.2. The first-order chi connectivity index (χ1) is 12.3. The van der Waals surface area contributed by atoms with Crippen LogP contribution in [-0.2, 0) is 9.47 Å². The van der Waals surface area contributed by atoms with E-state index in [1.807, 2.05) is 24.3 Å². The van der Waals surface area contributed by atoms with Crippen LogP contribution in [0.5, 0.6) is 0 Å². The first-order valence-corrected chi connectivity index (χ1v) is 8.35. The van der Waals surface area contributed by atoms with Crippen molar-refractivity contribution in [2.75, 3.05) is 48.4 Å². The van der Waals surface area contributed by atoms with E-state index in [1.54, 1.807) is 19.2 Å². The van der Waals surface area contributed by atoms with Crippen LogP contribution < -0.4 is 15.5 Å². The molecular formula is C18H22N4O3. The second kappa shape index (κ2) is 8.34. The lowest BCUT2D eigenvalue weighted by atomic mass is 10.2. The summed E-state index contributed by atoms with van der Waals surface area (Å²) in [5.41, 5.74) is 2.70. The quantitative estimate of drug-likeness (QED) is 0.869. The number of hydrogen-bond donors (Lipinski definition) is 2. The minimum Gasteiger partial charge on any atom is -0.450 e. The molecule has 1 fully saturated rings. The van der Waals surface area contributed by atoms with Crippen LogP contribution in [0.3, 0.4) is 0 Å². The highest BCUT2D eigenvalue weighted by Crippen LogP contribution is 2.28. The van der Waals surface area contributed by atoms with E-state index >= 15 is 0 Å². The second-order valence-electron chi connectivity index (χ2n) is 5.52. The highest BCUT2D eigenvalue weighted by atomic mass is 16.5. The number of nitrogens with one attached hydrogen (secondary N) is 2. The summed E-state index contributed by atoms with van der Waals surface area (Å²) < 4.78 is 10.3. The summed E-state index contributed by atoms with van der Waals surface area (Å²) in [4.78, 5) is 18.1. The molecule has 2 aromatic rings. The zero-order valence-electron chi connectivity index (χ0n) is 14.2. The average molecular weight is 342 g/mol. The summed E-state index contributed by atoms with van der Waals surface area (Å²) in [6.07, 6.45) is 1.11. The van der Waals surface area contributed by atoms with E-state index in [2.05, 4.69) is 26.6 Å². The van der Waals surface area contributed by atoms with Crippen LogP contribution >= 0.6 is 0 Å². The zero-order chi connectivity index (χ0) is 17.5. The molecule has 1 aromatic carbocycles. The third kappa shape index (κ3) is 4.60. The maximum atomic E-state index is 11.4. The Labute approximate surface area is 147 Å². The van der Waals surface area contributed by atoms with Gasteiger partial charge in [-0.3, -0.25) is 5.32 Å². The predicted molar refractivity (Wildman–Crippen MR) is 97.6 cm³/mol. The number of carbonyl (C=O) groups is 1. The highest BCUT2D eigenvalue weighted by Gasteiger charge is 2.14. The molecule has 0 bridgehead atoms. The number of morpholine rings is 1. The van der Waals surface area contributed by atoms with Crippen molar-refractivity contribution in [1.29, 1.82) is 0 Å². The summed E-state index contributed by atoms with van der Waals surface area (Å²) in [6, 6.07) is 11.7. The fourth-order valence-electron chi connectivity index (χ4n) is 2.62. The van der Waals surface area contributed by atoms with Gasteiger partial charge in [-0.15, -0.1) is 0 Å². The molecule has 132 valence electrons. The van der Waals surface area contributed by atoms with Gasteiger partial charge in [-0.2, -0.15) is 0 Å². The van der Waals surface area contributed by atoms with Gasteiger partial charge >= 0.3 is 6.09 Å². The number of nitrogens with zero attached hydrogens (tertiary/aromatic N) is 2. The smallest absolute Gasteiger partial charge is 0.411 e. The molecule has 3 rings (SSSR count). The van der Waals surface area contributed by atoms with Crippen molar-refractivity contribution < 1.29 is 14.3 Å². The molecule has 25 heavy (non-hydrogen) atoms. The SMILES string of the molecule is CCOC(=O)Nc1ccc(Nc2ccccc2N2CCOCC2)nc1. The van der Waals surface area contributed by atoms with Crippen molar-refractivity contribution in [2.45, 2.75) is 6.92 Å². The molecule has 1 aromatic heterocycles. The summed E-state index contributed by atoms with van der Waals surface area (Å²) >= 11 is 0. The summed E-state index contributed by atoms with van der Waals surface area (Å²) in [6.45, 7) is 5.30. The van der Waals surface area contributed by atoms with Crippen LogP contribution in [0.4, 0.5) is 27.7 Å². The molecule has 0 spiro atoms. The molecule has 2 heterocycles. The predicted octanol–water partition coefficient (Wildman–Crippen LogP) is 3.23. The lowest BCUT2D eigenvalue weighted by Gasteiger charge is -2.30. The van der Waals surface area contributed by atoms with Crippen LogP contribution in [0.15, 0.2) is 42.6 Å². The van der Waals surface area contributed by atoms with E-state index in [9.17, 15) is 4.79 Å². The van der Waals surface area contributed by atoms with Gasteiger partial charge in [0.05, 0.1) is 43.1 Å². The second-order valence-corrected chi connectivity index (χ2v) is 5.52. The van der Waals surface area contributed by atoms with Crippen LogP contribution in [0.1, 0.15) is 6.92 Å². The standard InChI is InChI=1S/C18H22N4O3/c1-2-25-18(23)20-14-7-8-17(19-13-14)21-15-5-3-4-6-16(15)22-9-11-24-12-10-22/h3-8,13H,2,9-12H2,1H3,(H,19,21)(H,20,23). The summed E-state index contributed by atoms with van der Waals surface area (Å²) in [5.74, 6) is 0.704. The van der Waals surface area contributed by atoms with Crippen molar-refractivity contribution in [2.24, 2.45) is 0 Å². The Kier molecular flexibility index (Phi) is 5.69. The highest BCUT2D eigenvalue weighted by molar-refractivity contribution is 5.84. The molecule has 2 N–H and O–H groups in total. The molecule has 1 aliphatic rings. The van der Waals surface area contributed by atoms with Gasteiger partial charge in [-0.1, -0.05) is 12.1 Å². The molecule has 7 nitrogen and oxygen atoms in total. The molecule has 0 unspecified atom stereocenters. The van der Waals surface area contributed by atoms with Crippen molar-refractivity contribution in [3.8, 4) is 0 Å². The van der Waals surface area contributed by atoms with Gasteiger partial charge in [0, 0.05) is 13.1 Å². The Hall–Kier alpha value is -2.80. The molecular weight excluding hydrogens is 320 g/mol. The maximum Gasteiger partial charge on any atom is 0.411 e. The molecule has 7 heteroatoms. The van der Waals surface area contributed by atoms with Gasteiger partial charge in [0.15, 0.2) is 0 Å². The topological polar surface area (TPSA) is 75.7 Å². The molecule has 1 saturated heterocycles. The van der Waals surface area contributed by atoms with Crippen LogP contribution in [0.2, 0.25) is 0 Å². The molecule has 0 atom stereocenters. The van der Waals surface area contributed by atoms with Gasteiger partial charge in [-0.25, -0.2) is 9.78 Å². The molecule has 1 aliphatic heterocycles. The Balaban J connectivity index is 1.69. The largest absolute Gasteiger partial charge is 0.450 e. The van der Waals surface area contributed by atoms with Gasteiger partial charge in [0.1, 0.15) is 5.82 Å². The van der Waals surface area contributed by atoms with Gasteiger partial charge in [0.2, 0.25) is 0 Å². The third-order valence-corrected chi connectivity index (χ3v) is 3.80. The number of benzene rings is 1. The first-order valence-electron chi connectivity index (χ1n) is 8.35. The van der Waals surface area contributed by atoms with E-state index in [1.165, 1.54) is 0 Å². The monoisotopic (exact) mass is 342 g/mol. The third-order valence-electron chi connectivity index (χ3n) is 3.80. The number of amides is 1. The van der Waals surface area contributed by atoms with Gasteiger partial charge in [0.25, 0.3) is 0 Å². The molecule has 0 saturated carbocycles. The molecule has 0 aliphatic carbocycles. The van der Waals surface area contributed by atoms with Crippen molar-refractivity contribution in [1.82, 2.24) is 4.98 Å². The van der Waals surface area contributed by atoms with E-state index < -0.39 is 6.09 Å². The van der Waals surface area contributed by atoms with E-state index in [4.69, 9.17) is 9.47 Å². The van der Waals surface area contributed by atoms with E-state index in [0.717, 1.165) is 37.7 Å². The minimum absolute atomic E-state index is 0.331. The molecule has 1 amide bonds. The fraction of sp³-hybridized carbons (Fsp3) is 0.333. The average Bonchev–Trinajstić information content (AvgIpc) is 2.65. The number of pyridine rings is 1. The Bertz CT molecular complexity index is 700. The first kappa shape index (κ1) is 17.0. The van der Waals surface area contributed by atoms with Gasteiger partial charge in [-0.05, 0) is 31.2 Å². The Morgan fingerprint density at radius 3 is 2.76 bits per heavy atom. The lowest BCUT2D eigenvalue weighted by Crippen LogP contribution is -2.36. The number of aromatic nitrogens is 1. The van der Waals surface area contributed by atoms with E-state index in [-0.39, 0.29) is 0 Å². The fourth-order valence-corrected chi connectivity index (χ4v) is 2.62. The van der Waals surface area contributed by atoms with Crippen LogP contribution in [0.25, 0.3) is 0 Å². The maximum absolute atomic E-state index is 11.4. The minimum atomic E-state index is -0.484. The summed E-state index contributed by atoms with van der Waals surface area (Å²) in [5, 5.41) is 5.96. The molecule has 0 radical (unpaired) electrons. The van der Waals surface area contributed by atoms with Crippen molar-refractivity contribution >= 4 is 29.0 Å².